The first-order valence-corrected chi connectivity index (χ1v) is 7.10. The Morgan fingerprint density at radius 3 is 2.26 bits per heavy atom. The molecule has 2 rings (SSSR count). The lowest BCUT2D eigenvalue weighted by molar-refractivity contribution is -0.146. The van der Waals surface area contributed by atoms with E-state index in [0.29, 0.717) is 18.5 Å². The van der Waals surface area contributed by atoms with E-state index in [2.05, 4.69) is 27.9 Å². The third kappa shape index (κ3) is 3.56. The Morgan fingerprint density at radius 2 is 1.68 bits per heavy atom. The number of amides is 1. The Balaban J connectivity index is 2.08. The average Bonchev–Trinajstić information content (AvgIpc) is 2.41. The minimum atomic E-state index is -0.910. The Labute approximate surface area is 125 Å². The molecule has 0 heterocycles. The van der Waals surface area contributed by atoms with Gasteiger partial charge < -0.3 is 10.4 Å². The molecule has 0 radical (unpaired) electrons. The van der Waals surface area contributed by atoms with Crippen molar-refractivity contribution in [2.24, 2.45) is 11.8 Å². The van der Waals surface area contributed by atoms with Crippen LogP contribution in [0.1, 0.15) is 12.8 Å². The van der Waals surface area contributed by atoms with E-state index >= 15 is 0 Å². The second kappa shape index (κ2) is 6.18. The largest absolute Gasteiger partial charge is 0.481 e. The minimum absolute atomic E-state index is 0.224. The Morgan fingerprint density at radius 1 is 1.11 bits per heavy atom. The van der Waals surface area contributed by atoms with E-state index in [4.69, 9.17) is 5.11 Å². The van der Waals surface area contributed by atoms with E-state index in [1.807, 2.05) is 36.4 Å². The Kier molecular flexibility index (Phi) is 4.57. The van der Waals surface area contributed by atoms with Gasteiger partial charge in [0.1, 0.15) is 0 Å². The molecule has 19 heavy (non-hydrogen) atoms. The number of benzene rings is 1. The fourth-order valence-electron chi connectivity index (χ4n) is 2.15. The smallest absolute Gasteiger partial charge is 0.307 e. The predicted octanol–water partition coefficient (Wildman–Crippen LogP) is 2.90. The third-order valence-corrected chi connectivity index (χ3v) is 3.92. The molecule has 1 aromatic rings. The number of carbonyl (C=O) groups excluding carboxylic acids is 1. The zero-order valence-electron chi connectivity index (χ0n) is 10.2. The van der Waals surface area contributed by atoms with Gasteiger partial charge in [-0.3, -0.25) is 9.59 Å². The number of halogens is 1. The van der Waals surface area contributed by atoms with Crippen molar-refractivity contribution in [2.45, 2.75) is 12.8 Å². The van der Waals surface area contributed by atoms with Crippen molar-refractivity contribution in [2.75, 3.05) is 5.32 Å². The molecule has 0 saturated heterocycles. The monoisotopic (exact) mass is 371 g/mol. The van der Waals surface area contributed by atoms with E-state index in [9.17, 15) is 9.59 Å². The quantitative estimate of drug-likeness (QED) is 0.634. The zero-order valence-corrected chi connectivity index (χ0v) is 12.3. The molecule has 0 saturated carbocycles. The second-order valence-corrected chi connectivity index (χ2v) is 5.74. The number of nitrogens with one attached hydrogen (secondary N) is 1. The van der Waals surface area contributed by atoms with E-state index < -0.39 is 17.8 Å². The van der Waals surface area contributed by atoms with Crippen molar-refractivity contribution >= 4 is 40.2 Å². The van der Waals surface area contributed by atoms with Gasteiger partial charge in [0.2, 0.25) is 5.91 Å². The molecule has 0 aromatic heterocycles. The number of aliphatic carboxylic acids is 1. The van der Waals surface area contributed by atoms with Crippen LogP contribution in [0.2, 0.25) is 0 Å². The van der Waals surface area contributed by atoms with Gasteiger partial charge in [-0.25, -0.2) is 0 Å². The molecule has 1 aliphatic carbocycles. The first-order valence-electron chi connectivity index (χ1n) is 6.02. The van der Waals surface area contributed by atoms with Crippen LogP contribution in [0.5, 0.6) is 0 Å². The van der Waals surface area contributed by atoms with Crippen LogP contribution in [0.3, 0.4) is 0 Å². The number of carboxylic acids is 1. The van der Waals surface area contributed by atoms with Crippen molar-refractivity contribution in [3.63, 3.8) is 0 Å². The molecule has 100 valence electrons. The lowest BCUT2D eigenvalue weighted by Crippen LogP contribution is -2.34. The van der Waals surface area contributed by atoms with Crippen LogP contribution in [0, 0.1) is 15.4 Å². The van der Waals surface area contributed by atoms with Gasteiger partial charge in [0.15, 0.2) is 0 Å². The molecule has 0 fully saturated rings. The highest BCUT2D eigenvalue weighted by Gasteiger charge is 2.33. The molecule has 0 bridgehead atoms. The maximum absolute atomic E-state index is 12.2. The number of allylic oxidation sites excluding steroid dienone is 2. The molecule has 4 nitrogen and oxygen atoms in total. The lowest BCUT2D eigenvalue weighted by atomic mass is 9.82. The zero-order chi connectivity index (χ0) is 13.8. The number of carboxylic acid groups (broad SMARTS) is 1. The molecule has 1 aromatic carbocycles. The van der Waals surface area contributed by atoms with Gasteiger partial charge in [-0.15, -0.1) is 0 Å². The van der Waals surface area contributed by atoms with Gasteiger partial charge in [0, 0.05) is 9.26 Å². The summed E-state index contributed by atoms with van der Waals surface area (Å²) < 4.78 is 1.08. The average molecular weight is 371 g/mol. The van der Waals surface area contributed by atoms with Crippen molar-refractivity contribution in [3.05, 3.63) is 40.0 Å². The fraction of sp³-hybridized carbons (Fsp3) is 0.286. The molecule has 2 atom stereocenters. The summed E-state index contributed by atoms with van der Waals surface area (Å²) in [6.45, 7) is 0. The van der Waals surface area contributed by atoms with Crippen LogP contribution < -0.4 is 5.32 Å². The maximum atomic E-state index is 12.2. The maximum Gasteiger partial charge on any atom is 0.307 e. The first kappa shape index (κ1) is 14.0. The summed E-state index contributed by atoms with van der Waals surface area (Å²) >= 11 is 2.19. The van der Waals surface area contributed by atoms with Crippen LogP contribution in [-0.4, -0.2) is 17.0 Å². The summed E-state index contributed by atoms with van der Waals surface area (Å²) in [6.07, 6.45) is 4.60. The highest BCUT2D eigenvalue weighted by atomic mass is 127. The van der Waals surface area contributed by atoms with Crippen LogP contribution in [-0.2, 0) is 9.59 Å². The molecule has 0 spiro atoms. The summed E-state index contributed by atoms with van der Waals surface area (Å²) in [7, 11) is 0. The standard InChI is InChI=1S/C14H14INO3/c15-9-5-7-10(8-6-9)16-13(17)11-3-1-2-4-12(11)14(18)19/h1-2,5-8,11-12H,3-4H2,(H,16,17)(H,18,19)/t11-,12-/m0/s1. The summed E-state index contributed by atoms with van der Waals surface area (Å²) in [4.78, 5) is 23.3. The number of anilines is 1. The topological polar surface area (TPSA) is 66.4 Å². The van der Waals surface area contributed by atoms with Crippen LogP contribution >= 0.6 is 22.6 Å². The summed E-state index contributed by atoms with van der Waals surface area (Å²) in [6, 6.07) is 7.42. The molecule has 1 aliphatic rings. The van der Waals surface area contributed by atoms with Crippen molar-refractivity contribution in [1.82, 2.24) is 0 Å². The van der Waals surface area contributed by atoms with E-state index in [0.717, 1.165) is 3.57 Å². The highest BCUT2D eigenvalue weighted by molar-refractivity contribution is 14.1. The molecule has 1 amide bonds. The van der Waals surface area contributed by atoms with Gasteiger partial charge in [0.05, 0.1) is 11.8 Å². The number of hydrogen-bond acceptors (Lipinski definition) is 2. The lowest BCUT2D eigenvalue weighted by Gasteiger charge is -2.24. The first-order chi connectivity index (χ1) is 9.08. The molecule has 0 aliphatic heterocycles. The minimum Gasteiger partial charge on any atom is -0.481 e. The van der Waals surface area contributed by atoms with Crippen LogP contribution in [0.15, 0.2) is 36.4 Å². The molecule has 5 heteroatoms. The normalized spacial score (nSPS) is 21.9. The van der Waals surface area contributed by atoms with Crippen LogP contribution in [0.25, 0.3) is 0 Å². The highest BCUT2D eigenvalue weighted by Crippen LogP contribution is 2.27. The molecule has 2 N–H and O–H groups in total. The van der Waals surface area contributed by atoms with Gasteiger partial charge in [-0.05, 0) is 59.7 Å². The summed E-state index contributed by atoms with van der Waals surface area (Å²) in [5.41, 5.74) is 0.698. The molecular weight excluding hydrogens is 357 g/mol. The molecule has 0 unspecified atom stereocenters. The number of hydrogen-bond donors (Lipinski definition) is 2. The van der Waals surface area contributed by atoms with Gasteiger partial charge in [-0.1, -0.05) is 12.2 Å². The summed E-state index contributed by atoms with van der Waals surface area (Å²) in [5.74, 6) is -2.26. The van der Waals surface area contributed by atoms with Crippen molar-refractivity contribution < 1.29 is 14.7 Å². The third-order valence-electron chi connectivity index (χ3n) is 3.20. The molecular formula is C14H14INO3. The van der Waals surface area contributed by atoms with E-state index in [1.165, 1.54) is 0 Å². The second-order valence-electron chi connectivity index (χ2n) is 4.49. The SMILES string of the molecule is O=C(O)[C@H]1CC=CC[C@@H]1C(=O)Nc1ccc(I)cc1. The number of rotatable bonds is 3. The van der Waals surface area contributed by atoms with Crippen LogP contribution in [0.4, 0.5) is 5.69 Å². The van der Waals surface area contributed by atoms with Gasteiger partial charge in [0.25, 0.3) is 0 Å². The van der Waals surface area contributed by atoms with E-state index in [1.54, 1.807) is 0 Å². The Hall–Kier alpha value is -1.37. The summed E-state index contributed by atoms with van der Waals surface area (Å²) in [5, 5.41) is 11.9. The van der Waals surface area contributed by atoms with Crippen molar-refractivity contribution in [3.8, 4) is 0 Å². The fourth-order valence-corrected chi connectivity index (χ4v) is 2.50. The van der Waals surface area contributed by atoms with Crippen molar-refractivity contribution in [1.29, 1.82) is 0 Å². The van der Waals surface area contributed by atoms with Gasteiger partial charge >= 0.3 is 5.97 Å². The Bertz CT molecular complexity index is 510. The van der Waals surface area contributed by atoms with E-state index in [-0.39, 0.29) is 5.91 Å². The predicted molar refractivity (Wildman–Crippen MR) is 80.8 cm³/mol. The number of carbonyl (C=O) groups is 2. The van der Waals surface area contributed by atoms with Gasteiger partial charge in [-0.2, -0.15) is 0 Å².